The van der Waals surface area contributed by atoms with Crippen molar-refractivity contribution in [1.29, 1.82) is 0 Å². The zero-order valence-corrected chi connectivity index (χ0v) is 58.6. The summed E-state index contributed by atoms with van der Waals surface area (Å²) in [5, 5.41) is 0. The molecule has 0 radical (unpaired) electrons. The summed E-state index contributed by atoms with van der Waals surface area (Å²) in [7, 11) is -9.54. The van der Waals surface area contributed by atoms with Gasteiger partial charge in [0, 0.05) is 54.2 Å². The van der Waals surface area contributed by atoms with Crippen LogP contribution in [0.4, 0.5) is 23.8 Å². The maximum Gasteiger partial charge on any atom is 0.404 e. The molecule has 4 unspecified atom stereocenters. The zero-order chi connectivity index (χ0) is 73.0. The van der Waals surface area contributed by atoms with Gasteiger partial charge in [0.15, 0.2) is 51.0 Å². The lowest BCUT2D eigenvalue weighted by Gasteiger charge is -2.19. The van der Waals surface area contributed by atoms with Gasteiger partial charge in [0.05, 0.1) is 98.0 Å². The van der Waals surface area contributed by atoms with E-state index in [1.54, 1.807) is 42.5 Å². The van der Waals surface area contributed by atoms with Crippen molar-refractivity contribution >= 4 is 98.6 Å². The average Bonchev–Trinajstić information content (AvgIpc) is 1.47. The number of rotatable bonds is 37. The number of nitrogens with one attached hydrogen (secondary N) is 4. The van der Waals surface area contributed by atoms with Gasteiger partial charge in [0.1, 0.15) is 24.8 Å². The van der Waals surface area contributed by atoms with Crippen LogP contribution in [0.3, 0.4) is 0 Å². The molecule has 0 bridgehead atoms. The van der Waals surface area contributed by atoms with Crippen molar-refractivity contribution in [3.63, 3.8) is 0 Å². The number of para-hydroxylation sites is 1. The number of H-pyrrole nitrogens is 4. The highest BCUT2D eigenvalue weighted by atomic mass is 31.2. The number of anilines is 4. The van der Waals surface area contributed by atoms with Gasteiger partial charge in [-0.1, -0.05) is 48.5 Å². The third-order valence-electron chi connectivity index (χ3n) is 13.0. The largest absolute Gasteiger partial charge is 0.423 e. The van der Waals surface area contributed by atoms with E-state index in [1.807, 2.05) is 36.4 Å². The van der Waals surface area contributed by atoms with Crippen LogP contribution >= 0.6 is 30.2 Å². The number of nitrogen functional groups attached to an aromatic ring is 4. The number of hydrogen-bond donors (Lipinski definition) is 10. The van der Waals surface area contributed by atoms with Crippen molar-refractivity contribution in [2.24, 2.45) is 0 Å². The van der Waals surface area contributed by atoms with Gasteiger partial charge in [-0.2, -0.15) is 19.9 Å². The van der Waals surface area contributed by atoms with Crippen molar-refractivity contribution in [3.05, 3.63) is 133 Å². The van der Waals surface area contributed by atoms with E-state index in [4.69, 9.17) is 83.6 Å². The van der Waals surface area contributed by atoms with Crippen LogP contribution in [0, 0.1) is 0 Å². The SMILES string of the molecule is COCCOP(=O)(COCCn1cnc2c(=O)[nH]c(N)nc21)OCc1ccccc1.COCCOP(=O)(COCCn1cnc2c(=O)[nH]c(N)nc21)Oc1ccccc1.COCCOP(=O)(O)COCCn1cnc2c(=O)[nH]c(N)nc21.CP(=O)(O)COCCn1cnc2c(=O)[nH]c(N)nc21. The molecule has 14 N–H and O–H groups in total. The van der Waals surface area contributed by atoms with Crippen LogP contribution in [0.15, 0.2) is 105 Å². The van der Waals surface area contributed by atoms with Crippen LogP contribution in [0.25, 0.3) is 44.7 Å². The van der Waals surface area contributed by atoms with E-state index in [2.05, 4.69) is 59.8 Å². The van der Waals surface area contributed by atoms with Gasteiger partial charge in [0.25, 0.3) is 22.2 Å². The van der Waals surface area contributed by atoms with Gasteiger partial charge in [-0.15, -0.1) is 0 Å². The molecule has 10 aromatic rings. The highest BCUT2D eigenvalue weighted by Gasteiger charge is 2.28. The number of aromatic nitrogens is 16. The molecule has 8 heterocycles. The normalized spacial score (nSPS) is 13.8. The standard InChI is InChI=1S/C18H24N5O6P.C17H22N5O6P.C11H18N5O6P.C9H14N5O4P/c1-26-9-10-28-30(25,29-11-14-5-3-2-4-6-14)13-27-8-7-23-12-20-15-16(23)21-18(19)22-17(15)24;1-25-9-10-27-29(24,28-13-5-3-2-4-6-13)12-26-8-7-22-11-19-14-15(22)20-17(18)21-16(14)23;1-20-4-5-22-23(18,19)7-21-3-2-16-6-13-8-9(16)14-11(12)15-10(8)17;1-19(16,17)5-18-3-2-14-4-11-6-7(14)12-9(10)13-8(6)15/h2-6,12H,7-11,13H2,1H3,(H3,19,21,22,24);2-6,11H,7-10,12H2,1H3,(H3,18,20,21,23);6H,2-5,7H2,1H3,(H,18,19)(H3,12,14,15,17);4H,2-3,5H2,1H3,(H,16,17)(H3,10,12,13,15). The van der Waals surface area contributed by atoms with Gasteiger partial charge in [0.2, 0.25) is 31.2 Å². The summed E-state index contributed by atoms with van der Waals surface area (Å²) >= 11 is 0. The molecular weight excluding hydrogens is 1420 g/mol. The molecule has 0 saturated carbocycles. The first-order valence-corrected chi connectivity index (χ1v) is 37.6. The summed E-state index contributed by atoms with van der Waals surface area (Å²) in [6.07, 6.45) is 4.65. The maximum absolute atomic E-state index is 13.0. The number of ether oxygens (including phenoxy) is 7. The molecular formula is C55H78N20O22P4. The molecule has 4 atom stereocenters. The summed E-state index contributed by atoms with van der Waals surface area (Å²) in [5.74, 6) is 0.402. The molecule has 0 aliphatic carbocycles. The first-order chi connectivity index (χ1) is 48.3. The number of hydrogen-bond acceptors (Lipinski definition) is 32. The summed E-state index contributed by atoms with van der Waals surface area (Å²) in [6.45, 7) is 4.26. The van der Waals surface area contributed by atoms with Crippen LogP contribution in [-0.2, 0) is 102 Å². The zero-order valence-electron chi connectivity index (χ0n) is 55.0. The van der Waals surface area contributed by atoms with E-state index in [1.165, 1.54) is 53.3 Å². The Labute approximate surface area is 572 Å². The molecule has 0 fully saturated rings. The number of aromatic amines is 4. The second-order valence-corrected chi connectivity index (χ2v) is 29.0. The molecule has 0 aliphatic heterocycles. The summed E-state index contributed by atoms with van der Waals surface area (Å²) in [5.41, 5.74) is 23.4. The number of nitrogens with zero attached hydrogens (tertiary/aromatic N) is 12. The highest BCUT2D eigenvalue weighted by Crippen LogP contribution is 2.49. The third kappa shape index (κ3) is 25.7. The van der Waals surface area contributed by atoms with E-state index in [-0.39, 0.29) is 144 Å². The first kappa shape index (κ1) is 79.6. The van der Waals surface area contributed by atoms with Gasteiger partial charge >= 0.3 is 22.8 Å². The van der Waals surface area contributed by atoms with E-state index >= 15 is 0 Å². The number of imidazole rings is 4. The Hall–Kier alpha value is -8.76. The van der Waals surface area contributed by atoms with Crippen LogP contribution in [0.1, 0.15) is 5.56 Å². The summed E-state index contributed by atoms with van der Waals surface area (Å²) < 4.78 is 118. The Balaban J connectivity index is 0.000000192. The van der Waals surface area contributed by atoms with Crippen molar-refractivity contribution in [2.75, 3.05) is 142 Å². The lowest BCUT2D eigenvalue weighted by molar-refractivity contribution is 0.0978. The molecule has 0 aliphatic rings. The average molecular weight is 1500 g/mol. The predicted molar refractivity (Wildman–Crippen MR) is 366 cm³/mol. The quantitative estimate of drug-likeness (QED) is 0.0197. The number of fused-ring (bicyclic) bond motifs is 4. The second-order valence-electron chi connectivity index (χ2n) is 20.9. The Morgan fingerprint density at radius 1 is 0.416 bits per heavy atom. The highest BCUT2D eigenvalue weighted by molar-refractivity contribution is 7.57. The Morgan fingerprint density at radius 2 is 0.743 bits per heavy atom. The minimum atomic E-state index is -3.81. The monoisotopic (exact) mass is 1490 g/mol. The fraction of sp³-hybridized carbons (Fsp3) is 0.418. The lowest BCUT2D eigenvalue weighted by atomic mass is 10.2. The predicted octanol–water partition coefficient (Wildman–Crippen LogP) is 2.46. The molecule has 0 saturated heterocycles. The Morgan fingerprint density at radius 3 is 1.11 bits per heavy atom. The fourth-order valence-corrected chi connectivity index (χ4v) is 12.2. The molecule has 10 rings (SSSR count). The number of nitrogens with two attached hydrogens (primary N) is 4. The van der Waals surface area contributed by atoms with Crippen molar-refractivity contribution in [3.8, 4) is 5.75 Å². The van der Waals surface area contributed by atoms with Crippen LogP contribution in [0.5, 0.6) is 5.75 Å². The second kappa shape index (κ2) is 38.9. The van der Waals surface area contributed by atoms with Gasteiger partial charge in [-0.25, -0.2) is 24.5 Å². The number of benzene rings is 2. The first-order valence-electron chi connectivity index (χ1n) is 30.1. The minimum Gasteiger partial charge on any atom is -0.423 e. The summed E-state index contributed by atoms with van der Waals surface area (Å²) in [4.78, 5) is 107. The molecule has 0 spiro atoms. The Kier molecular flexibility index (Phi) is 30.6. The number of methoxy groups -OCH3 is 3. The van der Waals surface area contributed by atoms with E-state index in [9.17, 15) is 42.3 Å². The molecule has 46 heteroatoms. The van der Waals surface area contributed by atoms with Crippen molar-refractivity contribution in [1.82, 2.24) is 78.1 Å². The van der Waals surface area contributed by atoms with Crippen molar-refractivity contribution < 1.29 is 83.8 Å². The smallest absolute Gasteiger partial charge is 0.404 e. The topological polar surface area (TPSA) is 578 Å². The maximum atomic E-state index is 13.0. The Bertz CT molecular complexity index is 4700. The van der Waals surface area contributed by atoms with Gasteiger partial charge < -0.3 is 102 Å². The van der Waals surface area contributed by atoms with Crippen LogP contribution in [-0.4, -0.2) is 207 Å². The van der Waals surface area contributed by atoms with E-state index < -0.39 is 58.7 Å². The fourth-order valence-electron chi connectivity index (χ4n) is 8.37. The molecule has 42 nitrogen and oxygen atoms in total. The van der Waals surface area contributed by atoms with Crippen molar-refractivity contribution in [2.45, 2.75) is 32.8 Å². The molecule has 101 heavy (non-hydrogen) atoms. The minimum absolute atomic E-state index is 0.000486. The summed E-state index contributed by atoms with van der Waals surface area (Å²) in [6, 6.07) is 18.1. The van der Waals surface area contributed by atoms with E-state index in [0.29, 0.717) is 48.0 Å². The molecule has 8 aromatic heterocycles. The third-order valence-corrected chi connectivity index (χ3v) is 17.9. The lowest BCUT2D eigenvalue weighted by Crippen LogP contribution is -2.14. The molecule has 0 amide bonds. The van der Waals surface area contributed by atoms with Gasteiger partial charge in [-0.05, 0) is 17.7 Å². The van der Waals surface area contributed by atoms with Crippen LogP contribution in [0.2, 0.25) is 0 Å². The van der Waals surface area contributed by atoms with E-state index in [0.717, 1.165) is 5.56 Å². The van der Waals surface area contributed by atoms with Gasteiger partial charge in [-0.3, -0.25) is 57.3 Å². The molecule has 2 aromatic carbocycles. The molecule has 550 valence electrons. The van der Waals surface area contributed by atoms with Crippen LogP contribution < -0.4 is 49.7 Å².